The second-order valence-corrected chi connectivity index (χ2v) is 2.99. The molecule has 1 aromatic heterocycles. The van der Waals surface area contributed by atoms with Crippen LogP contribution in [0.2, 0.25) is 0 Å². The lowest BCUT2D eigenvalue weighted by atomic mass is 10.1. The van der Waals surface area contributed by atoms with Gasteiger partial charge < -0.3 is 4.98 Å². The molecule has 0 aliphatic carbocycles. The third kappa shape index (κ3) is 1.82. The van der Waals surface area contributed by atoms with Crippen LogP contribution in [-0.2, 0) is 0 Å². The predicted octanol–water partition coefficient (Wildman–Crippen LogP) is 2.00. The number of carbonyl (C=O) groups excluding carboxylic acids is 1. The molecule has 1 rings (SSSR count). The molecule has 76 valence electrons. The standard InChI is InChI=1S/C8H6ClF2NO2/c1-3-5(8(10)11)12-2-4(6(3)13)7(9)14/h2,8H,1H3,(H,12,13). The van der Waals surface area contributed by atoms with Crippen LogP contribution in [0.25, 0.3) is 0 Å². The van der Waals surface area contributed by atoms with Gasteiger partial charge in [0.15, 0.2) is 5.43 Å². The minimum atomic E-state index is -2.78. The number of alkyl halides is 2. The molecular formula is C8H6ClF2NO2. The van der Waals surface area contributed by atoms with Crippen molar-refractivity contribution in [3.8, 4) is 0 Å². The molecule has 0 radical (unpaired) electrons. The zero-order chi connectivity index (χ0) is 10.9. The second-order valence-electron chi connectivity index (χ2n) is 2.64. The first-order chi connectivity index (χ1) is 6.45. The zero-order valence-corrected chi connectivity index (χ0v) is 7.86. The van der Waals surface area contributed by atoms with Gasteiger partial charge in [-0.2, -0.15) is 0 Å². The number of halogens is 3. The van der Waals surface area contributed by atoms with Crippen molar-refractivity contribution < 1.29 is 13.6 Å². The van der Waals surface area contributed by atoms with E-state index in [0.717, 1.165) is 6.20 Å². The number of pyridine rings is 1. The van der Waals surface area contributed by atoms with Crippen LogP contribution < -0.4 is 5.43 Å². The lowest BCUT2D eigenvalue weighted by Gasteiger charge is -2.04. The molecule has 0 unspecified atom stereocenters. The van der Waals surface area contributed by atoms with Crippen LogP contribution >= 0.6 is 11.6 Å². The predicted molar refractivity (Wildman–Crippen MR) is 46.9 cm³/mol. The van der Waals surface area contributed by atoms with Gasteiger partial charge >= 0.3 is 0 Å². The molecule has 0 saturated heterocycles. The highest BCUT2D eigenvalue weighted by molar-refractivity contribution is 6.67. The van der Waals surface area contributed by atoms with E-state index in [1.165, 1.54) is 6.92 Å². The maximum atomic E-state index is 12.3. The topological polar surface area (TPSA) is 49.9 Å². The molecule has 0 aliphatic heterocycles. The Kier molecular flexibility index (Phi) is 3.00. The quantitative estimate of drug-likeness (QED) is 0.777. The Balaban J connectivity index is 3.42. The number of rotatable bonds is 2. The highest BCUT2D eigenvalue weighted by Crippen LogP contribution is 2.18. The maximum Gasteiger partial charge on any atom is 0.278 e. The summed E-state index contributed by atoms with van der Waals surface area (Å²) >= 11 is 5.07. The lowest BCUT2D eigenvalue weighted by Crippen LogP contribution is -2.17. The Morgan fingerprint density at radius 1 is 1.57 bits per heavy atom. The SMILES string of the molecule is Cc1c(C(F)F)[nH]cc(C(=O)Cl)c1=O. The fraction of sp³-hybridized carbons (Fsp3) is 0.250. The summed E-state index contributed by atoms with van der Waals surface area (Å²) in [5.74, 6) is 0. The van der Waals surface area contributed by atoms with Gasteiger partial charge in [0.2, 0.25) is 0 Å². The van der Waals surface area contributed by atoms with Crippen LogP contribution in [-0.4, -0.2) is 10.2 Å². The van der Waals surface area contributed by atoms with Gasteiger partial charge in [0, 0.05) is 11.8 Å². The number of aromatic nitrogens is 1. The number of H-pyrrole nitrogens is 1. The highest BCUT2D eigenvalue weighted by Gasteiger charge is 2.17. The average molecular weight is 222 g/mol. The third-order valence-electron chi connectivity index (χ3n) is 1.79. The Morgan fingerprint density at radius 2 is 2.14 bits per heavy atom. The van der Waals surface area contributed by atoms with E-state index >= 15 is 0 Å². The summed E-state index contributed by atoms with van der Waals surface area (Å²) < 4.78 is 24.5. The summed E-state index contributed by atoms with van der Waals surface area (Å²) in [5, 5.41) is -0.963. The van der Waals surface area contributed by atoms with Crippen molar-refractivity contribution in [3.63, 3.8) is 0 Å². The molecule has 3 nitrogen and oxygen atoms in total. The van der Waals surface area contributed by atoms with E-state index in [4.69, 9.17) is 11.6 Å². The summed E-state index contributed by atoms with van der Waals surface area (Å²) in [6.45, 7) is 1.21. The summed E-state index contributed by atoms with van der Waals surface area (Å²) in [5.41, 5.74) is -1.77. The van der Waals surface area contributed by atoms with Gasteiger partial charge in [-0.05, 0) is 18.5 Å². The Hall–Kier alpha value is -1.23. The van der Waals surface area contributed by atoms with Crippen LogP contribution in [0.5, 0.6) is 0 Å². The Labute approximate surface area is 82.7 Å². The Morgan fingerprint density at radius 3 is 2.57 bits per heavy atom. The molecule has 0 aromatic carbocycles. The van der Waals surface area contributed by atoms with Gasteiger partial charge in [-0.3, -0.25) is 9.59 Å². The third-order valence-corrected chi connectivity index (χ3v) is 1.99. The van der Waals surface area contributed by atoms with E-state index in [1.54, 1.807) is 0 Å². The normalized spacial score (nSPS) is 10.6. The first kappa shape index (κ1) is 10.8. The molecule has 1 heterocycles. The number of aromatic amines is 1. The summed E-state index contributed by atoms with van der Waals surface area (Å²) in [6.07, 6.45) is -1.88. The maximum absolute atomic E-state index is 12.3. The molecule has 0 atom stereocenters. The van der Waals surface area contributed by atoms with Crippen LogP contribution in [0.4, 0.5) is 8.78 Å². The molecular weight excluding hydrogens is 216 g/mol. The van der Waals surface area contributed by atoms with Crippen molar-refractivity contribution in [1.29, 1.82) is 0 Å². The van der Waals surface area contributed by atoms with Gasteiger partial charge in [-0.1, -0.05) is 0 Å². The molecule has 14 heavy (non-hydrogen) atoms. The van der Waals surface area contributed by atoms with Gasteiger partial charge in [0.25, 0.3) is 11.7 Å². The van der Waals surface area contributed by atoms with E-state index in [2.05, 4.69) is 4.98 Å². The molecule has 0 bridgehead atoms. The van der Waals surface area contributed by atoms with E-state index in [9.17, 15) is 18.4 Å². The lowest BCUT2D eigenvalue weighted by molar-refractivity contribution is 0.107. The van der Waals surface area contributed by atoms with Gasteiger partial charge in [0.05, 0.1) is 11.3 Å². The van der Waals surface area contributed by atoms with Crippen molar-refractivity contribution >= 4 is 16.8 Å². The number of hydrogen-bond donors (Lipinski definition) is 1. The van der Waals surface area contributed by atoms with E-state index in [-0.39, 0.29) is 11.1 Å². The molecule has 0 spiro atoms. The van der Waals surface area contributed by atoms with Crippen LogP contribution in [0.1, 0.15) is 28.0 Å². The zero-order valence-electron chi connectivity index (χ0n) is 7.11. The van der Waals surface area contributed by atoms with Gasteiger partial charge in [-0.25, -0.2) is 8.78 Å². The molecule has 0 amide bonds. The number of nitrogens with one attached hydrogen (secondary N) is 1. The van der Waals surface area contributed by atoms with Crippen LogP contribution in [0.3, 0.4) is 0 Å². The van der Waals surface area contributed by atoms with Gasteiger partial charge in [-0.15, -0.1) is 0 Å². The highest BCUT2D eigenvalue weighted by atomic mass is 35.5. The van der Waals surface area contributed by atoms with Gasteiger partial charge in [0.1, 0.15) is 0 Å². The largest absolute Gasteiger partial charge is 0.359 e. The van der Waals surface area contributed by atoms with Crippen molar-refractivity contribution in [2.75, 3.05) is 0 Å². The smallest absolute Gasteiger partial charge is 0.278 e. The van der Waals surface area contributed by atoms with Crippen molar-refractivity contribution in [3.05, 3.63) is 33.2 Å². The summed E-state index contributed by atoms with van der Waals surface area (Å²) in [4.78, 5) is 24.1. The minimum absolute atomic E-state index is 0.188. The molecule has 1 N–H and O–H groups in total. The van der Waals surface area contributed by atoms with Crippen molar-refractivity contribution in [2.45, 2.75) is 13.3 Å². The fourth-order valence-corrected chi connectivity index (χ4v) is 1.16. The molecule has 1 aromatic rings. The first-order valence-corrected chi connectivity index (χ1v) is 4.03. The van der Waals surface area contributed by atoms with E-state index < -0.39 is 22.8 Å². The van der Waals surface area contributed by atoms with E-state index in [1.807, 2.05) is 0 Å². The van der Waals surface area contributed by atoms with Crippen molar-refractivity contribution in [1.82, 2.24) is 4.98 Å². The Bertz CT molecular complexity index is 428. The number of carbonyl (C=O) groups is 1. The van der Waals surface area contributed by atoms with Crippen molar-refractivity contribution in [2.24, 2.45) is 0 Å². The second kappa shape index (κ2) is 3.88. The fourth-order valence-electron chi connectivity index (χ4n) is 1.02. The molecule has 0 fully saturated rings. The van der Waals surface area contributed by atoms with E-state index in [0.29, 0.717) is 0 Å². The summed E-state index contributed by atoms with van der Waals surface area (Å²) in [6, 6.07) is 0. The van der Waals surface area contributed by atoms with Crippen LogP contribution in [0, 0.1) is 6.92 Å². The first-order valence-electron chi connectivity index (χ1n) is 3.65. The molecule has 0 aliphatic rings. The average Bonchev–Trinajstić information content (AvgIpc) is 2.08. The van der Waals surface area contributed by atoms with Crippen LogP contribution in [0.15, 0.2) is 11.0 Å². The molecule has 6 heteroatoms. The summed E-state index contributed by atoms with van der Waals surface area (Å²) in [7, 11) is 0. The minimum Gasteiger partial charge on any atom is -0.359 e. The monoisotopic (exact) mass is 221 g/mol. The molecule has 0 saturated carbocycles. The number of hydrogen-bond acceptors (Lipinski definition) is 2.